The Kier molecular flexibility index (Phi) is 5.18. The molecule has 21 heavy (non-hydrogen) atoms. The highest BCUT2D eigenvalue weighted by Gasteiger charge is 2.14. The summed E-state index contributed by atoms with van der Waals surface area (Å²) in [4.78, 5) is 26.7. The van der Waals surface area contributed by atoms with Gasteiger partial charge in [0, 0.05) is 33.8 Å². The predicted octanol–water partition coefficient (Wildman–Crippen LogP) is 2.00. The fraction of sp³-hybridized carbons (Fsp3) is 0.231. The van der Waals surface area contributed by atoms with Crippen LogP contribution in [0.2, 0.25) is 5.15 Å². The van der Waals surface area contributed by atoms with Crippen LogP contribution in [0.4, 0.5) is 0 Å². The molecule has 1 aromatic heterocycles. The van der Waals surface area contributed by atoms with Crippen LogP contribution >= 0.6 is 27.5 Å². The zero-order chi connectivity index (χ0) is 15.6. The molecule has 2 aromatic rings. The number of halogens is 2. The van der Waals surface area contributed by atoms with Crippen LogP contribution in [0, 0.1) is 0 Å². The second-order valence-corrected chi connectivity index (χ2v) is 7.21. The number of nitrogens with one attached hydrogen (secondary N) is 1. The van der Waals surface area contributed by atoms with E-state index in [1.54, 1.807) is 24.3 Å². The van der Waals surface area contributed by atoms with Crippen molar-refractivity contribution in [2.24, 2.45) is 0 Å². The molecule has 0 saturated carbocycles. The van der Waals surface area contributed by atoms with Crippen LogP contribution in [0.15, 0.2) is 38.3 Å². The van der Waals surface area contributed by atoms with Gasteiger partial charge in [0.15, 0.2) is 0 Å². The van der Waals surface area contributed by atoms with Gasteiger partial charge in [-0.25, -0.2) is 4.79 Å². The lowest BCUT2D eigenvalue weighted by Crippen LogP contribution is -2.37. The molecule has 1 aromatic carbocycles. The van der Waals surface area contributed by atoms with Crippen LogP contribution in [0.5, 0.6) is 0 Å². The largest absolute Gasteiger partial charge is 0.329 e. The fourth-order valence-electron chi connectivity index (χ4n) is 1.83. The molecule has 0 bridgehead atoms. The molecule has 1 heterocycles. The van der Waals surface area contributed by atoms with Crippen LogP contribution in [0.3, 0.4) is 0 Å². The maximum Gasteiger partial charge on any atom is 0.329 e. The van der Waals surface area contributed by atoms with E-state index in [0.29, 0.717) is 5.56 Å². The molecule has 5 nitrogen and oxygen atoms in total. The average Bonchev–Trinajstić information content (AvgIpc) is 2.40. The molecule has 1 atom stereocenters. The van der Waals surface area contributed by atoms with Crippen molar-refractivity contribution < 1.29 is 4.21 Å². The third-order valence-electron chi connectivity index (χ3n) is 2.88. The lowest BCUT2D eigenvalue weighted by Gasteiger charge is -2.08. The number of nitrogens with zero attached hydrogens (tertiary/aromatic N) is 1. The average molecular weight is 392 g/mol. The summed E-state index contributed by atoms with van der Waals surface area (Å²) in [6.07, 6.45) is 1.52. The lowest BCUT2D eigenvalue weighted by molar-refractivity contribution is 0.656. The normalized spacial score (nSPS) is 12.3. The summed E-state index contributed by atoms with van der Waals surface area (Å²) in [6, 6.07) is 7.02. The second-order valence-electron chi connectivity index (χ2n) is 4.36. The fourth-order valence-corrected chi connectivity index (χ4v) is 2.81. The minimum Gasteiger partial charge on any atom is -0.297 e. The first-order valence-electron chi connectivity index (χ1n) is 5.98. The zero-order valence-corrected chi connectivity index (χ0v) is 14.2. The SMILES string of the molecule is CS(=O)CCn1c(=O)[nH]c(Cl)c(-c2ccc(Br)cc2)c1=O. The van der Waals surface area contributed by atoms with Crippen LogP contribution in [-0.2, 0) is 17.3 Å². The van der Waals surface area contributed by atoms with Gasteiger partial charge in [0.2, 0.25) is 0 Å². The standard InChI is InChI=1S/C13H12BrClN2O3S/c1-21(20)7-6-17-12(18)10(11(15)16-13(17)19)8-2-4-9(14)5-3-8/h2-5H,6-7H2,1H3,(H,16,19). The van der Waals surface area contributed by atoms with E-state index < -0.39 is 22.0 Å². The number of hydrogen-bond donors (Lipinski definition) is 1. The smallest absolute Gasteiger partial charge is 0.297 e. The lowest BCUT2D eigenvalue weighted by atomic mass is 10.1. The minimum absolute atomic E-state index is 0.00110. The number of rotatable bonds is 4. The van der Waals surface area contributed by atoms with Gasteiger partial charge < -0.3 is 0 Å². The number of hydrogen-bond acceptors (Lipinski definition) is 3. The predicted molar refractivity (Wildman–Crippen MR) is 88.4 cm³/mol. The van der Waals surface area contributed by atoms with Crippen molar-refractivity contribution in [2.75, 3.05) is 12.0 Å². The summed E-state index contributed by atoms with van der Waals surface area (Å²) >= 11 is 9.32. The molecular weight excluding hydrogens is 380 g/mol. The third kappa shape index (κ3) is 3.72. The second kappa shape index (κ2) is 6.72. The summed E-state index contributed by atoms with van der Waals surface area (Å²) in [5, 5.41) is 0.00110. The molecule has 0 fully saturated rings. The summed E-state index contributed by atoms with van der Waals surface area (Å²) in [5.74, 6) is 0.227. The summed E-state index contributed by atoms with van der Waals surface area (Å²) in [6.45, 7) is 0.0813. The van der Waals surface area contributed by atoms with Crippen molar-refractivity contribution in [1.29, 1.82) is 0 Å². The van der Waals surface area contributed by atoms with E-state index in [0.717, 1.165) is 9.04 Å². The Labute approximate surface area is 136 Å². The summed E-state index contributed by atoms with van der Waals surface area (Å²) in [5.41, 5.74) is -0.255. The van der Waals surface area contributed by atoms with Gasteiger partial charge in [-0.05, 0) is 17.7 Å². The van der Waals surface area contributed by atoms with Crippen molar-refractivity contribution in [1.82, 2.24) is 9.55 Å². The molecule has 8 heteroatoms. The van der Waals surface area contributed by atoms with Gasteiger partial charge >= 0.3 is 5.69 Å². The van der Waals surface area contributed by atoms with Crippen LogP contribution in [0.1, 0.15) is 0 Å². The molecule has 0 aliphatic heterocycles. The minimum atomic E-state index is -1.09. The van der Waals surface area contributed by atoms with E-state index in [2.05, 4.69) is 20.9 Å². The Balaban J connectivity index is 2.59. The molecular formula is C13H12BrClN2O3S. The Morgan fingerprint density at radius 1 is 1.29 bits per heavy atom. The van der Waals surface area contributed by atoms with E-state index in [1.165, 1.54) is 6.26 Å². The maximum atomic E-state index is 12.5. The molecule has 2 rings (SSSR count). The van der Waals surface area contributed by atoms with Crippen molar-refractivity contribution in [2.45, 2.75) is 6.54 Å². The summed E-state index contributed by atoms with van der Waals surface area (Å²) < 4.78 is 13.0. The first-order valence-corrected chi connectivity index (χ1v) is 8.88. The highest BCUT2D eigenvalue weighted by Crippen LogP contribution is 2.23. The van der Waals surface area contributed by atoms with Crippen molar-refractivity contribution in [3.05, 3.63) is 54.7 Å². The monoisotopic (exact) mass is 390 g/mol. The van der Waals surface area contributed by atoms with Crippen molar-refractivity contribution >= 4 is 38.3 Å². The maximum absolute atomic E-state index is 12.5. The summed E-state index contributed by atoms with van der Waals surface area (Å²) in [7, 11) is -1.09. The van der Waals surface area contributed by atoms with Gasteiger partial charge in [0.05, 0.1) is 5.56 Å². The van der Waals surface area contributed by atoms with Crippen LogP contribution < -0.4 is 11.2 Å². The Bertz CT molecular complexity index is 799. The molecule has 0 spiro atoms. The Morgan fingerprint density at radius 2 is 1.90 bits per heavy atom. The van der Waals surface area contributed by atoms with Crippen LogP contribution in [0.25, 0.3) is 11.1 Å². The van der Waals surface area contributed by atoms with Gasteiger partial charge in [-0.1, -0.05) is 39.7 Å². The Morgan fingerprint density at radius 3 is 2.48 bits per heavy atom. The molecule has 0 radical (unpaired) electrons. The first-order chi connectivity index (χ1) is 9.90. The van der Waals surface area contributed by atoms with Gasteiger partial charge in [-0.15, -0.1) is 0 Å². The quantitative estimate of drug-likeness (QED) is 0.810. The van der Waals surface area contributed by atoms with E-state index >= 15 is 0 Å². The molecule has 0 amide bonds. The molecule has 0 aliphatic carbocycles. The van der Waals surface area contributed by atoms with E-state index in [9.17, 15) is 13.8 Å². The van der Waals surface area contributed by atoms with E-state index in [4.69, 9.17) is 11.6 Å². The number of aromatic amines is 1. The van der Waals surface area contributed by atoms with Gasteiger partial charge in [-0.2, -0.15) is 0 Å². The molecule has 0 saturated heterocycles. The molecule has 0 aliphatic rings. The van der Waals surface area contributed by atoms with Gasteiger partial charge in [0.25, 0.3) is 5.56 Å². The first kappa shape index (κ1) is 16.2. The Hall–Kier alpha value is -1.18. The van der Waals surface area contributed by atoms with Crippen molar-refractivity contribution in [3.8, 4) is 11.1 Å². The molecule has 1 N–H and O–H groups in total. The number of benzene rings is 1. The van der Waals surface area contributed by atoms with Gasteiger partial charge in [0.1, 0.15) is 5.15 Å². The highest BCUT2D eigenvalue weighted by molar-refractivity contribution is 9.10. The van der Waals surface area contributed by atoms with Crippen molar-refractivity contribution in [3.63, 3.8) is 0 Å². The van der Waals surface area contributed by atoms with E-state index in [-0.39, 0.29) is 23.0 Å². The molecule has 112 valence electrons. The third-order valence-corrected chi connectivity index (χ3v) is 4.45. The highest BCUT2D eigenvalue weighted by atomic mass is 79.9. The number of aromatic nitrogens is 2. The van der Waals surface area contributed by atoms with Gasteiger partial charge in [-0.3, -0.25) is 18.6 Å². The van der Waals surface area contributed by atoms with E-state index in [1.807, 2.05) is 0 Å². The molecule has 1 unspecified atom stereocenters. The number of H-pyrrole nitrogens is 1. The topological polar surface area (TPSA) is 71.9 Å². The van der Waals surface area contributed by atoms with Crippen LogP contribution in [-0.4, -0.2) is 25.8 Å². The zero-order valence-electron chi connectivity index (χ0n) is 11.1.